The van der Waals surface area contributed by atoms with E-state index in [2.05, 4.69) is 0 Å². The number of aryl methyl sites for hydroxylation is 1. The molecule has 116 valence electrons. The fraction of sp³-hybridized carbons (Fsp3) is 0.235. The van der Waals surface area contributed by atoms with Gasteiger partial charge in [0.05, 0.1) is 5.56 Å². The van der Waals surface area contributed by atoms with E-state index in [4.69, 9.17) is 0 Å². The van der Waals surface area contributed by atoms with Crippen LogP contribution in [-0.2, 0) is 12.6 Å². The Bertz CT molecular complexity index is 648. The van der Waals surface area contributed by atoms with Gasteiger partial charge in [-0.2, -0.15) is 24.9 Å². The number of carbonyl (C=O) groups is 1. The molecular weight excluding hydrogens is 309 g/mol. The quantitative estimate of drug-likeness (QED) is 0.732. The minimum Gasteiger partial charge on any atom is -0.289 e. The summed E-state index contributed by atoms with van der Waals surface area (Å²) in [5.41, 5.74) is 0.988. The van der Waals surface area contributed by atoms with Crippen LogP contribution in [0.2, 0.25) is 0 Å². The highest BCUT2D eigenvalue weighted by atomic mass is 32.2. The second kappa shape index (κ2) is 7.01. The Balaban J connectivity index is 2.28. The molecule has 22 heavy (non-hydrogen) atoms. The van der Waals surface area contributed by atoms with E-state index in [-0.39, 0.29) is 11.3 Å². The molecule has 2 aromatic rings. The van der Waals surface area contributed by atoms with Crippen LogP contribution in [0, 0.1) is 0 Å². The van der Waals surface area contributed by atoms with Gasteiger partial charge in [-0.05, 0) is 36.1 Å². The van der Waals surface area contributed by atoms with Crippen molar-refractivity contribution >= 4 is 17.5 Å². The van der Waals surface area contributed by atoms with Crippen molar-refractivity contribution in [2.45, 2.75) is 12.6 Å². The van der Waals surface area contributed by atoms with Crippen LogP contribution in [0.4, 0.5) is 13.2 Å². The molecule has 0 unspecified atom stereocenters. The predicted molar refractivity (Wildman–Crippen MR) is 83.4 cm³/mol. The fourth-order valence-corrected chi connectivity index (χ4v) is 2.56. The first kappa shape index (κ1) is 16.6. The number of ketones is 1. The van der Waals surface area contributed by atoms with Gasteiger partial charge in [-0.15, -0.1) is 0 Å². The van der Waals surface area contributed by atoms with Crippen LogP contribution in [0.25, 0.3) is 0 Å². The highest BCUT2D eigenvalue weighted by Gasteiger charge is 2.30. The van der Waals surface area contributed by atoms with E-state index < -0.39 is 11.7 Å². The van der Waals surface area contributed by atoms with Crippen LogP contribution in [0.3, 0.4) is 0 Å². The molecule has 0 heterocycles. The third kappa shape index (κ3) is 3.91. The van der Waals surface area contributed by atoms with Gasteiger partial charge in [0.25, 0.3) is 0 Å². The molecule has 0 spiro atoms. The molecule has 0 N–H and O–H groups in total. The number of halogens is 3. The number of rotatable bonds is 5. The Hall–Kier alpha value is -1.75. The minimum atomic E-state index is -4.39. The topological polar surface area (TPSA) is 17.1 Å². The fourth-order valence-electron chi connectivity index (χ4n) is 2.14. The first-order valence-electron chi connectivity index (χ1n) is 6.72. The Morgan fingerprint density at radius 2 is 1.68 bits per heavy atom. The van der Waals surface area contributed by atoms with E-state index in [1.54, 1.807) is 23.9 Å². The van der Waals surface area contributed by atoms with E-state index in [0.717, 1.165) is 29.9 Å². The van der Waals surface area contributed by atoms with Crippen molar-refractivity contribution in [3.05, 3.63) is 70.8 Å². The molecular formula is C17H15F3OS. The molecule has 0 aliphatic rings. The maximum absolute atomic E-state index is 12.6. The highest BCUT2D eigenvalue weighted by molar-refractivity contribution is 7.98. The zero-order valence-corrected chi connectivity index (χ0v) is 12.8. The van der Waals surface area contributed by atoms with Crippen LogP contribution in [0.5, 0.6) is 0 Å². The van der Waals surface area contributed by atoms with Crippen LogP contribution < -0.4 is 0 Å². The summed E-state index contributed by atoms with van der Waals surface area (Å²) in [6, 6.07) is 11.6. The van der Waals surface area contributed by atoms with E-state index in [9.17, 15) is 18.0 Å². The van der Waals surface area contributed by atoms with Gasteiger partial charge in [0, 0.05) is 11.1 Å². The average Bonchev–Trinajstić information content (AvgIpc) is 2.52. The van der Waals surface area contributed by atoms with Gasteiger partial charge >= 0.3 is 6.18 Å². The number of thioether (sulfide) groups is 1. The SMILES string of the molecule is CSCCc1ccccc1C(=O)c1ccc(C(F)(F)F)cc1. The Morgan fingerprint density at radius 1 is 1.05 bits per heavy atom. The standard InChI is InChI=1S/C17H15F3OS/c1-22-11-10-12-4-2-3-5-15(12)16(21)13-6-8-14(9-7-13)17(18,19)20/h2-9H,10-11H2,1H3. The number of alkyl halides is 3. The summed E-state index contributed by atoms with van der Waals surface area (Å²) in [7, 11) is 0. The zero-order valence-electron chi connectivity index (χ0n) is 12.0. The van der Waals surface area contributed by atoms with Crippen molar-refractivity contribution in [2.75, 3.05) is 12.0 Å². The second-order valence-corrected chi connectivity index (χ2v) is 5.79. The number of hydrogen-bond donors (Lipinski definition) is 0. The van der Waals surface area contributed by atoms with Crippen molar-refractivity contribution < 1.29 is 18.0 Å². The normalized spacial score (nSPS) is 11.5. The number of hydrogen-bond acceptors (Lipinski definition) is 2. The van der Waals surface area contributed by atoms with Gasteiger partial charge in [-0.25, -0.2) is 0 Å². The van der Waals surface area contributed by atoms with Crippen molar-refractivity contribution in [3.8, 4) is 0 Å². The summed E-state index contributed by atoms with van der Waals surface area (Å²) >= 11 is 1.68. The molecule has 0 radical (unpaired) electrons. The molecule has 0 aromatic heterocycles. The molecule has 5 heteroatoms. The van der Waals surface area contributed by atoms with Gasteiger partial charge in [0.15, 0.2) is 5.78 Å². The first-order chi connectivity index (χ1) is 10.4. The monoisotopic (exact) mass is 324 g/mol. The van der Waals surface area contributed by atoms with Gasteiger partial charge in [-0.1, -0.05) is 36.4 Å². The number of benzene rings is 2. The third-order valence-corrected chi connectivity index (χ3v) is 3.92. The molecule has 0 saturated heterocycles. The van der Waals surface area contributed by atoms with Crippen molar-refractivity contribution in [1.82, 2.24) is 0 Å². The summed E-state index contributed by atoms with van der Waals surface area (Å²) in [5.74, 6) is 0.641. The summed E-state index contributed by atoms with van der Waals surface area (Å²) in [4.78, 5) is 12.5. The zero-order chi connectivity index (χ0) is 16.2. The molecule has 0 atom stereocenters. The van der Waals surface area contributed by atoms with Crippen molar-refractivity contribution in [1.29, 1.82) is 0 Å². The van der Waals surface area contributed by atoms with Gasteiger partial charge in [0.2, 0.25) is 0 Å². The van der Waals surface area contributed by atoms with Crippen LogP contribution >= 0.6 is 11.8 Å². The smallest absolute Gasteiger partial charge is 0.289 e. The lowest BCUT2D eigenvalue weighted by atomic mass is 9.96. The molecule has 0 fully saturated rings. The van der Waals surface area contributed by atoms with Crippen LogP contribution in [0.15, 0.2) is 48.5 Å². The lowest BCUT2D eigenvalue weighted by molar-refractivity contribution is -0.137. The minimum absolute atomic E-state index is 0.245. The van der Waals surface area contributed by atoms with Gasteiger partial charge < -0.3 is 0 Å². The summed E-state index contributed by atoms with van der Waals surface area (Å²) in [6.07, 6.45) is -1.65. The summed E-state index contributed by atoms with van der Waals surface area (Å²) < 4.78 is 37.7. The maximum Gasteiger partial charge on any atom is 0.416 e. The van der Waals surface area contributed by atoms with Crippen molar-refractivity contribution in [3.63, 3.8) is 0 Å². The largest absolute Gasteiger partial charge is 0.416 e. The van der Waals surface area contributed by atoms with Gasteiger partial charge in [0.1, 0.15) is 0 Å². The van der Waals surface area contributed by atoms with E-state index >= 15 is 0 Å². The summed E-state index contributed by atoms with van der Waals surface area (Å²) in [6.45, 7) is 0. The molecule has 0 amide bonds. The number of carbonyl (C=O) groups excluding carboxylic acids is 1. The summed E-state index contributed by atoms with van der Waals surface area (Å²) in [5, 5.41) is 0. The van der Waals surface area contributed by atoms with Crippen LogP contribution in [0.1, 0.15) is 27.0 Å². The van der Waals surface area contributed by atoms with Crippen LogP contribution in [-0.4, -0.2) is 17.8 Å². The molecule has 2 rings (SSSR count). The van der Waals surface area contributed by atoms with E-state index in [1.807, 2.05) is 18.4 Å². The Labute approximate surface area is 131 Å². The third-order valence-electron chi connectivity index (χ3n) is 3.31. The Morgan fingerprint density at radius 3 is 2.27 bits per heavy atom. The lowest BCUT2D eigenvalue weighted by Crippen LogP contribution is -2.08. The molecule has 0 saturated carbocycles. The molecule has 0 bridgehead atoms. The molecule has 0 aliphatic heterocycles. The van der Waals surface area contributed by atoms with E-state index in [1.165, 1.54) is 12.1 Å². The van der Waals surface area contributed by atoms with Gasteiger partial charge in [-0.3, -0.25) is 4.79 Å². The predicted octanol–water partition coefficient (Wildman–Crippen LogP) is 4.84. The van der Waals surface area contributed by atoms with Crippen molar-refractivity contribution in [2.24, 2.45) is 0 Å². The molecule has 0 aliphatic carbocycles. The van der Waals surface area contributed by atoms with E-state index in [0.29, 0.717) is 5.56 Å². The Kier molecular flexibility index (Phi) is 5.29. The average molecular weight is 324 g/mol. The highest BCUT2D eigenvalue weighted by Crippen LogP contribution is 2.29. The molecule has 2 aromatic carbocycles. The first-order valence-corrected chi connectivity index (χ1v) is 8.11. The lowest BCUT2D eigenvalue weighted by Gasteiger charge is -2.10. The maximum atomic E-state index is 12.6. The second-order valence-electron chi connectivity index (χ2n) is 4.80. The molecule has 1 nitrogen and oxygen atoms in total.